The summed E-state index contributed by atoms with van der Waals surface area (Å²) < 4.78 is 40.1. The number of rotatable bonds is 4. The predicted molar refractivity (Wildman–Crippen MR) is 73.1 cm³/mol. The molecule has 1 aromatic carbocycles. The molecule has 0 aliphatic heterocycles. The van der Waals surface area contributed by atoms with E-state index >= 15 is 0 Å². The second-order valence-electron chi connectivity index (χ2n) is 4.77. The van der Waals surface area contributed by atoms with Gasteiger partial charge in [-0.2, -0.15) is 18.3 Å². The van der Waals surface area contributed by atoms with E-state index in [4.69, 9.17) is 11.6 Å². The molecule has 0 fully saturated rings. The number of hydrogen-bond donors (Lipinski definition) is 1. The fraction of sp³-hybridized carbons (Fsp3) is 0.357. The molecule has 21 heavy (non-hydrogen) atoms. The summed E-state index contributed by atoms with van der Waals surface area (Å²) in [7, 11) is 0. The molecule has 1 unspecified atom stereocenters. The van der Waals surface area contributed by atoms with Crippen LogP contribution in [0.4, 0.5) is 13.2 Å². The van der Waals surface area contributed by atoms with Crippen LogP contribution in [0.5, 0.6) is 0 Å². The van der Waals surface area contributed by atoms with Crippen molar-refractivity contribution < 1.29 is 18.3 Å². The van der Waals surface area contributed by atoms with Gasteiger partial charge in [-0.3, -0.25) is 4.68 Å². The molecular weight excluding hydrogens is 305 g/mol. The molecule has 0 bridgehead atoms. The van der Waals surface area contributed by atoms with Crippen LogP contribution in [0.1, 0.15) is 16.8 Å². The minimum atomic E-state index is -4.43. The molecule has 1 atom stereocenters. The average molecular weight is 319 g/mol. The maximum Gasteiger partial charge on any atom is 0.416 e. The van der Waals surface area contributed by atoms with E-state index in [1.807, 2.05) is 0 Å². The van der Waals surface area contributed by atoms with Crippen LogP contribution in [0.3, 0.4) is 0 Å². The highest BCUT2D eigenvalue weighted by Crippen LogP contribution is 2.32. The first-order valence-electron chi connectivity index (χ1n) is 6.30. The lowest BCUT2D eigenvalue weighted by molar-refractivity contribution is -0.138. The Bertz CT molecular complexity index is 625. The molecule has 0 saturated heterocycles. The molecule has 7 heteroatoms. The molecule has 0 saturated carbocycles. The standard InChI is InChI=1S/C14H14ClF3N2O/c1-9-13(15)7-19-20(9)8-11(21)6-10-4-2-3-5-12(10)14(16,17)18/h2-5,7,11,21H,6,8H2,1H3. The lowest BCUT2D eigenvalue weighted by Gasteiger charge is -2.16. The van der Waals surface area contributed by atoms with E-state index in [9.17, 15) is 18.3 Å². The van der Waals surface area contributed by atoms with E-state index < -0.39 is 17.8 Å². The second-order valence-corrected chi connectivity index (χ2v) is 5.18. The Morgan fingerprint density at radius 1 is 1.33 bits per heavy atom. The van der Waals surface area contributed by atoms with Crippen LogP contribution in [0.15, 0.2) is 30.5 Å². The van der Waals surface area contributed by atoms with E-state index in [0.29, 0.717) is 10.7 Å². The normalized spacial score (nSPS) is 13.4. The molecule has 0 amide bonds. The Hall–Kier alpha value is -1.53. The zero-order chi connectivity index (χ0) is 15.6. The Kier molecular flexibility index (Phi) is 4.58. The third-order valence-electron chi connectivity index (χ3n) is 3.21. The summed E-state index contributed by atoms with van der Waals surface area (Å²) in [5, 5.41) is 14.4. The predicted octanol–water partition coefficient (Wildman–Crippen LogP) is 3.47. The lowest BCUT2D eigenvalue weighted by atomic mass is 10.0. The lowest BCUT2D eigenvalue weighted by Crippen LogP contribution is -2.22. The van der Waals surface area contributed by atoms with Gasteiger partial charge in [-0.15, -0.1) is 0 Å². The Balaban J connectivity index is 2.13. The highest BCUT2D eigenvalue weighted by atomic mass is 35.5. The van der Waals surface area contributed by atoms with Gasteiger partial charge in [0.2, 0.25) is 0 Å². The van der Waals surface area contributed by atoms with Crippen molar-refractivity contribution in [3.05, 3.63) is 52.3 Å². The third kappa shape index (κ3) is 3.77. The fourth-order valence-electron chi connectivity index (χ4n) is 2.10. The van der Waals surface area contributed by atoms with E-state index in [0.717, 1.165) is 6.07 Å². The minimum Gasteiger partial charge on any atom is -0.391 e. The van der Waals surface area contributed by atoms with Crippen molar-refractivity contribution in [3.8, 4) is 0 Å². The Labute approximate surface area is 125 Å². The van der Waals surface area contributed by atoms with Gasteiger partial charge in [0, 0.05) is 6.42 Å². The van der Waals surface area contributed by atoms with Crippen LogP contribution >= 0.6 is 11.6 Å². The van der Waals surface area contributed by atoms with Crippen LogP contribution in [0.25, 0.3) is 0 Å². The van der Waals surface area contributed by atoms with Crippen LogP contribution in [-0.4, -0.2) is 21.0 Å². The van der Waals surface area contributed by atoms with Crippen molar-refractivity contribution in [2.45, 2.75) is 32.2 Å². The van der Waals surface area contributed by atoms with Crippen molar-refractivity contribution in [1.82, 2.24) is 9.78 Å². The fourth-order valence-corrected chi connectivity index (χ4v) is 2.24. The molecule has 3 nitrogen and oxygen atoms in total. The molecule has 1 N–H and O–H groups in total. The van der Waals surface area contributed by atoms with E-state index in [1.54, 1.807) is 6.92 Å². The van der Waals surface area contributed by atoms with Gasteiger partial charge in [-0.05, 0) is 18.6 Å². The first-order valence-corrected chi connectivity index (χ1v) is 6.68. The monoisotopic (exact) mass is 318 g/mol. The van der Waals surface area contributed by atoms with Crippen molar-refractivity contribution in [2.75, 3.05) is 0 Å². The summed E-state index contributed by atoms with van der Waals surface area (Å²) in [6.07, 6.45) is -4.08. The van der Waals surface area contributed by atoms with E-state index in [2.05, 4.69) is 5.10 Å². The highest BCUT2D eigenvalue weighted by Gasteiger charge is 2.33. The summed E-state index contributed by atoms with van der Waals surface area (Å²) in [5.41, 5.74) is 0.00694. The maximum atomic E-state index is 12.9. The van der Waals surface area contributed by atoms with Crippen LogP contribution in [0, 0.1) is 6.92 Å². The van der Waals surface area contributed by atoms with Crippen molar-refractivity contribution in [2.24, 2.45) is 0 Å². The van der Waals surface area contributed by atoms with E-state index in [1.165, 1.54) is 29.1 Å². The molecule has 0 spiro atoms. The number of halogens is 4. The Morgan fingerprint density at radius 3 is 2.57 bits per heavy atom. The second kappa shape index (κ2) is 6.07. The Morgan fingerprint density at radius 2 is 2.00 bits per heavy atom. The van der Waals surface area contributed by atoms with Gasteiger partial charge in [-0.25, -0.2) is 0 Å². The summed E-state index contributed by atoms with van der Waals surface area (Å²) in [4.78, 5) is 0. The largest absolute Gasteiger partial charge is 0.416 e. The first kappa shape index (κ1) is 15.9. The third-order valence-corrected chi connectivity index (χ3v) is 3.58. The average Bonchev–Trinajstić information content (AvgIpc) is 2.70. The van der Waals surface area contributed by atoms with Crippen molar-refractivity contribution >= 4 is 11.6 Å². The number of aromatic nitrogens is 2. The quantitative estimate of drug-likeness (QED) is 0.937. The summed E-state index contributed by atoms with van der Waals surface area (Å²) in [5.74, 6) is 0. The number of alkyl halides is 3. The zero-order valence-corrected chi connectivity index (χ0v) is 12.0. The molecule has 0 aliphatic rings. The molecular formula is C14H14ClF3N2O. The number of nitrogens with zero attached hydrogens (tertiary/aromatic N) is 2. The number of aliphatic hydroxyl groups is 1. The minimum absolute atomic E-state index is 0.0633. The number of hydrogen-bond acceptors (Lipinski definition) is 2. The first-order chi connectivity index (χ1) is 9.79. The summed E-state index contributed by atoms with van der Waals surface area (Å²) in [6.45, 7) is 1.82. The van der Waals surface area contributed by atoms with Crippen LogP contribution in [0.2, 0.25) is 5.02 Å². The molecule has 0 radical (unpaired) electrons. The van der Waals surface area contributed by atoms with Gasteiger partial charge >= 0.3 is 6.18 Å². The molecule has 1 heterocycles. The van der Waals surface area contributed by atoms with E-state index in [-0.39, 0.29) is 18.5 Å². The summed E-state index contributed by atoms with van der Waals surface area (Å²) in [6, 6.07) is 5.23. The van der Waals surface area contributed by atoms with Crippen LogP contribution in [-0.2, 0) is 19.1 Å². The van der Waals surface area contributed by atoms with Gasteiger partial charge in [0.1, 0.15) is 0 Å². The zero-order valence-electron chi connectivity index (χ0n) is 11.2. The van der Waals surface area contributed by atoms with Gasteiger partial charge in [0.15, 0.2) is 0 Å². The highest BCUT2D eigenvalue weighted by molar-refractivity contribution is 6.31. The topological polar surface area (TPSA) is 38.0 Å². The van der Waals surface area contributed by atoms with Gasteiger partial charge in [0.05, 0.1) is 35.1 Å². The van der Waals surface area contributed by atoms with Gasteiger partial charge < -0.3 is 5.11 Å². The summed E-state index contributed by atoms with van der Waals surface area (Å²) >= 11 is 5.84. The molecule has 1 aromatic heterocycles. The SMILES string of the molecule is Cc1c(Cl)cnn1CC(O)Cc1ccccc1C(F)(F)F. The molecule has 2 rings (SSSR count). The van der Waals surface area contributed by atoms with Crippen LogP contribution < -0.4 is 0 Å². The van der Waals surface area contributed by atoms with Crippen molar-refractivity contribution in [3.63, 3.8) is 0 Å². The van der Waals surface area contributed by atoms with Gasteiger partial charge in [-0.1, -0.05) is 29.8 Å². The smallest absolute Gasteiger partial charge is 0.391 e. The molecule has 114 valence electrons. The van der Waals surface area contributed by atoms with Crippen molar-refractivity contribution in [1.29, 1.82) is 0 Å². The van der Waals surface area contributed by atoms with Gasteiger partial charge in [0.25, 0.3) is 0 Å². The maximum absolute atomic E-state index is 12.9. The number of aliphatic hydroxyl groups excluding tert-OH is 1. The number of benzene rings is 1. The molecule has 0 aliphatic carbocycles. The molecule has 2 aromatic rings.